The fourth-order valence-corrected chi connectivity index (χ4v) is 4.91. The number of rotatable bonds is 16. The van der Waals surface area contributed by atoms with Gasteiger partial charge in [-0.25, -0.2) is 0 Å². The van der Waals surface area contributed by atoms with Crippen molar-refractivity contribution in [3.63, 3.8) is 0 Å². The van der Waals surface area contributed by atoms with Crippen LogP contribution in [0.3, 0.4) is 0 Å². The average Bonchev–Trinajstić information content (AvgIpc) is 3.12. The molecular formula is C26H44O4S. The molecule has 0 saturated heterocycles. The number of ether oxygens (including phenoxy) is 2. The first-order valence-electron chi connectivity index (χ1n) is 12.2. The molecule has 0 bridgehead atoms. The van der Waals surface area contributed by atoms with Gasteiger partial charge in [-0.15, -0.1) is 11.8 Å². The van der Waals surface area contributed by atoms with Gasteiger partial charge < -0.3 is 9.47 Å². The maximum atomic E-state index is 12.2. The third-order valence-corrected chi connectivity index (χ3v) is 7.08. The number of allylic oxidation sites excluding steroid dienone is 4. The molecule has 178 valence electrons. The van der Waals surface area contributed by atoms with Crippen molar-refractivity contribution in [3.05, 3.63) is 22.8 Å². The maximum absolute atomic E-state index is 12.2. The van der Waals surface area contributed by atoms with Crippen molar-refractivity contribution in [1.82, 2.24) is 0 Å². The van der Waals surface area contributed by atoms with Gasteiger partial charge in [0, 0.05) is 23.7 Å². The summed E-state index contributed by atoms with van der Waals surface area (Å²) >= 11 is 1.83. The molecule has 0 heterocycles. The van der Waals surface area contributed by atoms with Gasteiger partial charge in [-0.05, 0) is 43.8 Å². The van der Waals surface area contributed by atoms with Crippen LogP contribution in [-0.2, 0) is 19.1 Å². The van der Waals surface area contributed by atoms with Gasteiger partial charge >= 0.3 is 11.9 Å². The fourth-order valence-electron chi connectivity index (χ4n) is 3.63. The molecular weight excluding hydrogens is 408 g/mol. The highest BCUT2D eigenvalue weighted by Crippen LogP contribution is 2.41. The quantitative estimate of drug-likeness (QED) is 0.138. The van der Waals surface area contributed by atoms with E-state index in [0.29, 0.717) is 12.3 Å². The lowest BCUT2D eigenvalue weighted by Gasteiger charge is -2.13. The summed E-state index contributed by atoms with van der Waals surface area (Å²) in [6.07, 6.45) is 16.2. The van der Waals surface area contributed by atoms with Gasteiger partial charge in [0.15, 0.2) is 0 Å². The Labute approximate surface area is 194 Å². The number of thioether (sulfide) groups is 1. The molecule has 0 aromatic carbocycles. The highest BCUT2D eigenvalue weighted by Gasteiger charge is 2.27. The van der Waals surface area contributed by atoms with Gasteiger partial charge in [-0.3, -0.25) is 9.59 Å². The Kier molecular flexibility index (Phi) is 14.7. The molecule has 0 fully saturated rings. The largest absolute Gasteiger partial charge is 0.469 e. The van der Waals surface area contributed by atoms with Crippen molar-refractivity contribution in [2.75, 3.05) is 12.9 Å². The topological polar surface area (TPSA) is 52.6 Å². The summed E-state index contributed by atoms with van der Waals surface area (Å²) in [5, 5.41) is 0. The van der Waals surface area contributed by atoms with Crippen LogP contribution in [0.5, 0.6) is 0 Å². The SMILES string of the molecule is CCCC[C@@H](C)CC/C=C/[C@H]1CCC(OC(=O)C(C)C)=C1SCCCCCC(=O)OC. The van der Waals surface area contributed by atoms with E-state index in [-0.39, 0.29) is 17.9 Å². The van der Waals surface area contributed by atoms with Gasteiger partial charge in [-0.2, -0.15) is 0 Å². The van der Waals surface area contributed by atoms with Crippen LogP contribution in [0.1, 0.15) is 98.3 Å². The average molecular weight is 453 g/mol. The third-order valence-electron chi connectivity index (χ3n) is 5.74. The number of esters is 2. The van der Waals surface area contributed by atoms with Gasteiger partial charge in [0.1, 0.15) is 5.76 Å². The van der Waals surface area contributed by atoms with E-state index >= 15 is 0 Å². The number of carbonyl (C=O) groups excluding carboxylic acids is 2. The number of methoxy groups -OCH3 is 1. The molecule has 0 radical (unpaired) electrons. The van der Waals surface area contributed by atoms with Crippen LogP contribution in [0, 0.1) is 17.8 Å². The lowest BCUT2D eigenvalue weighted by atomic mass is 9.98. The van der Waals surface area contributed by atoms with Crippen LogP contribution >= 0.6 is 11.8 Å². The summed E-state index contributed by atoms with van der Waals surface area (Å²) in [6, 6.07) is 0. The second-order valence-corrected chi connectivity index (χ2v) is 10.1. The van der Waals surface area contributed by atoms with Crippen molar-refractivity contribution in [2.24, 2.45) is 17.8 Å². The molecule has 0 unspecified atom stereocenters. The molecule has 0 N–H and O–H groups in total. The van der Waals surface area contributed by atoms with Crippen molar-refractivity contribution in [1.29, 1.82) is 0 Å². The second kappa shape index (κ2) is 16.4. The van der Waals surface area contributed by atoms with E-state index in [1.807, 2.05) is 25.6 Å². The summed E-state index contributed by atoms with van der Waals surface area (Å²) in [6.45, 7) is 8.36. The van der Waals surface area contributed by atoms with Crippen LogP contribution in [0.2, 0.25) is 0 Å². The number of carbonyl (C=O) groups is 2. The molecule has 0 spiro atoms. The predicted octanol–water partition coefficient (Wildman–Crippen LogP) is 7.44. The van der Waals surface area contributed by atoms with Crippen LogP contribution in [-0.4, -0.2) is 24.8 Å². The van der Waals surface area contributed by atoms with Crippen molar-refractivity contribution in [2.45, 2.75) is 98.3 Å². The number of unbranched alkanes of at least 4 members (excludes halogenated alkanes) is 3. The monoisotopic (exact) mass is 452 g/mol. The fraction of sp³-hybridized carbons (Fsp3) is 0.769. The first-order valence-corrected chi connectivity index (χ1v) is 13.2. The van der Waals surface area contributed by atoms with E-state index in [1.54, 1.807) is 0 Å². The summed E-state index contributed by atoms with van der Waals surface area (Å²) in [5.41, 5.74) is 0. The minimum absolute atomic E-state index is 0.115. The molecule has 0 amide bonds. The molecule has 1 aliphatic carbocycles. The van der Waals surface area contributed by atoms with Gasteiger partial charge in [-0.1, -0.05) is 65.5 Å². The Hall–Kier alpha value is -1.23. The number of hydrogen-bond donors (Lipinski definition) is 0. The molecule has 1 rings (SSSR count). The Balaban J connectivity index is 2.58. The summed E-state index contributed by atoms with van der Waals surface area (Å²) in [4.78, 5) is 24.6. The van der Waals surface area contributed by atoms with Crippen molar-refractivity contribution in [3.8, 4) is 0 Å². The standard InChI is InChI=1S/C26H44O4S/c1-6-7-13-21(4)14-10-11-15-22-17-18-23(30-26(28)20(2)3)25(22)31-19-12-8-9-16-24(27)29-5/h11,15,20-22H,6-10,12-14,16-19H2,1-5H3/b15-11+/t21-,22+/m1/s1. The first-order chi connectivity index (χ1) is 14.9. The van der Waals surface area contributed by atoms with E-state index in [4.69, 9.17) is 9.47 Å². The van der Waals surface area contributed by atoms with Crippen LogP contribution < -0.4 is 0 Å². The molecule has 0 aliphatic heterocycles. The molecule has 5 heteroatoms. The van der Waals surface area contributed by atoms with E-state index in [9.17, 15) is 9.59 Å². The van der Waals surface area contributed by atoms with E-state index < -0.39 is 0 Å². The highest BCUT2D eigenvalue weighted by atomic mass is 32.2. The summed E-state index contributed by atoms with van der Waals surface area (Å²) in [5.74, 6) is 2.62. The zero-order chi connectivity index (χ0) is 23.1. The smallest absolute Gasteiger partial charge is 0.313 e. The minimum atomic E-state index is -0.138. The molecule has 0 aromatic heterocycles. The predicted molar refractivity (Wildman–Crippen MR) is 131 cm³/mol. The molecule has 4 nitrogen and oxygen atoms in total. The Morgan fingerprint density at radius 2 is 1.90 bits per heavy atom. The normalized spacial score (nSPS) is 17.5. The maximum Gasteiger partial charge on any atom is 0.313 e. The summed E-state index contributed by atoms with van der Waals surface area (Å²) < 4.78 is 10.4. The van der Waals surface area contributed by atoms with E-state index in [2.05, 4.69) is 26.0 Å². The molecule has 1 aliphatic rings. The third kappa shape index (κ3) is 11.8. The lowest BCUT2D eigenvalue weighted by molar-refractivity contribution is -0.143. The molecule has 31 heavy (non-hydrogen) atoms. The second-order valence-electron chi connectivity index (χ2n) is 9.00. The zero-order valence-corrected chi connectivity index (χ0v) is 21.2. The number of hydrogen-bond acceptors (Lipinski definition) is 5. The first kappa shape index (κ1) is 27.8. The van der Waals surface area contributed by atoms with Gasteiger partial charge in [0.05, 0.1) is 13.0 Å². The molecule has 0 aromatic rings. The van der Waals surface area contributed by atoms with Crippen LogP contribution in [0.15, 0.2) is 22.8 Å². The Morgan fingerprint density at radius 1 is 1.13 bits per heavy atom. The van der Waals surface area contributed by atoms with E-state index in [0.717, 1.165) is 56.0 Å². The molecule has 2 atom stereocenters. The van der Waals surface area contributed by atoms with Crippen LogP contribution in [0.25, 0.3) is 0 Å². The minimum Gasteiger partial charge on any atom is -0.469 e. The van der Waals surface area contributed by atoms with Crippen molar-refractivity contribution >= 4 is 23.7 Å². The van der Waals surface area contributed by atoms with Gasteiger partial charge in [0.25, 0.3) is 0 Å². The van der Waals surface area contributed by atoms with Crippen molar-refractivity contribution < 1.29 is 19.1 Å². The van der Waals surface area contributed by atoms with Gasteiger partial charge in [0.2, 0.25) is 0 Å². The Morgan fingerprint density at radius 3 is 2.58 bits per heavy atom. The van der Waals surface area contributed by atoms with Crippen LogP contribution in [0.4, 0.5) is 0 Å². The summed E-state index contributed by atoms with van der Waals surface area (Å²) in [7, 11) is 1.43. The highest BCUT2D eigenvalue weighted by molar-refractivity contribution is 8.03. The zero-order valence-electron chi connectivity index (χ0n) is 20.4. The van der Waals surface area contributed by atoms with E-state index in [1.165, 1.54) is 37.7 Å². The molecule has 0 saturated carbocycles. The lowest BCUT2D eigenvalue weighted by Crippen LogP contribution is -2.11. The Bertz CT molecular complexity index is 594.